The zero-order valence-electron chi connectivity index (χ0n) is 7.54. The fourth-order valence-corrected chi connectivity index (χ4v) is 0.527. The van der Waals surface area contributed by atoms with Gasteiger partial charge in [-0.3, -0.25) is 0 Å². The van der Waals surface area contributed by atoms with Crippen LogP contribution in [0, 0.1) is 33.3 Å². The van der Waals surface area contributed by atoms with Gasteiger partial charge in [-0.15, -0.1) is 0 Å². The molecule has 82 valence electrons. The summed E-state index contributed by atoms with van der Waals surface area (Å²) in [6, 6.07) is 1.91. The van der Waals surface area contributed by atoms with Gasteiger partial charge in [0.15, 0.2) is 0 Å². The minimum atomic E-state index is 0. The predicted molar refractivity (Wildman–Crippen MR) is 41.8 cm³/mol. The Kier molecular flexibility index (Phi) is 349. The average molecular weight is 277 g/mol. The van der Waals surface area contributed by atoms with E-state index in [0.29, 0.717) is 0 Å². The minimum Gasteiger partial charge on any atom is -0.201 e. The van der Waals surface area contributed by atoms with Crippen LogP contribution >= 0.6 is 11.5 Å². The van der Waals surface area contributed by atoms with Gasteiger partial charge in [0.1, 0.15) is 0 Å². The molecule has 8 heteroatoms. The van der Waals surface area contributed by atoms with Crippen LogP contribution in [0.25, 0.3) is 0 Å². The first-order valence-corrected chi connectivity index (χ1v) is 3.20. The maximum Gasteiger partial charge on any atom is 0.0406 e. The van der Waals surface area contributed by atoms with Gasteiger partial charge in [-0.05, 0) is 17.6 Å². The van der Waals surface area contributed by atoms with Crippen LogP contribution in [-0.4, -0.2) is 4.37 Å². The minimum absolute atomic E-state index is 0. The third-order valence-electron chi connectivity index (χ3n) is 0.347. The second kappa shape index (κ2) is 154. The molecule has 6 nitrogen and oxygen atoms in total. The third kappa shape index (κ3) is 121. The van der Waals surface area contributed by atoms with E-state index < -0.39 is 0 Å². The Bertz CT molecular complexity index is 200. The van der Waals surface area contributed by atoms with Crippen molar-refractivity contribution in [1.82, 2.24) is 4.37 Å². The number of hydrogen-bond acceptors (Lipinski definition) is 2. The first kappa shape index (κ1) is 36.4. The summed E-state index contributed by atoms with van der Waals surface area (Å²) in [6.07, 6.45) is 1.77. The van der Waals surface area contributed by atoms with E-state index in [1.807, 2.05) is 11.4 Å². The van der Waals surface area contributed by atoms with Crippen molar-refractivity contribution in [2.24, 2.45) is 0 Å². The van der Waals surface area contributed by atoms with Crippen molar-refractivity contribution in [2.45, 2.75) is 0 Å². The molecule has 0 aromatic carbocycles. The second-order valence-corrected chi connectivity index (χ2v) is 1.38. The predicted octanol–water partition coefficient (Wildman–Crippen LogP) is 0.953. The standard InChI is InChI=1S/C3H3NS.5CO.Cr/c1-2-4-5-3-1;5*1-2;/h1-3H;;;;;;. The van der Waals surface area contributed by atoms with Gasteiger partial charge in [0.2, 0.25) is 0 Å². The van der Waals surface area contributed by atoms with Gasteiger partial charge in [0.05, 0.1) is 0 Å². The van der Waals surface area contributed by atoms with Crippen molar-refractivity contribution in [3.05, 3.63) is 50.9 Å². The Morgan fingerprint density at radius 2 is 1.06 bits per heavy atom. The van der Waals surface area contributed by atoms with Gasteiger partial charge < -0.3 is 0 Å². The molecule has 0 atom stereocenters. The maximum atomic E-state index is 7.50. The summed E-state index contributed by atoms with van der Waals surface area (Å²) < 4.78 is 41.3. The number of rotatable bonds is 0. The van der Waals surface area contributed by atoms with E-state index in [2.05, 4.69) is 37.6 Å². The van der Waals surface area contributed by atoms with Crippen LogP contribution in [-0.2, 0) is 40.6 Å². The molecule has 1 aromatic rings. The smallest absolute Gasteiger partial charge is 0.0406 e. The van der Waals surface area contributed by atoms with Gasteiger partial charge >= 0.3 is 56.5 Å². The fourth-order valence-electron chi connectivity index (χ4n) is 0.176. The fraction of sp³-hybridized carbons (Fsp3) is 0. The van der Waals surface area contributed by atoms with Crippen LogP contribution in [0.4, 0.5) is 0 Å². The zero-order chi connectivity index (χ0) is 13.5. The number of nitrogens with zero attached hydrogens (tertiary/aromatic N) is 1. The monoisotopic (exact) mass is 277 g/mol. The topological polar surface area (TPSA) is 112 Å². The van der Waals surface area contributed by atoms with Crippen LogP contribution in [0.15, 0.2) is 17.6 Å². The van der Waals surface area contributed by atoms with E-state index in [1.54, 1.807) is 6.20 Å². The van der Waals surface area contributed by atoms with Gasteiger partial charge in [0, 0.05) is 28.9 Å². The van der Waals surface area contributed by atoms with Crippen molar-refractivity contribution >= 4 is 11.5 Å². The van der Waals surface area contributed by atoms with Gasteiger partial charge in [-0.25, -0.2) is 4.37 Å². The van der Waals surface area contributed by atoms with Gasteiger partial charge in [0.25, 0.3) is 0 Å². The molecule has 0 bridgehead atoms. The molecular weight excluding hydrogens is 274 g/mol. The Balaban J connectivity index is -0.0000000203. The molecule has 0 radical (unpaired) electrons. The Morgan fingerprint density at radius 1 is 0.750 bits per heavy atom. The van der Waals surface area contributed by atoms with Gasteiger partial charge in [-0.1, -0.05) is 0 Å². The van der Waals surface area contributed by atoms with Crippen LogP contribution in [0.2, 0.25) is 0 Å². The molecule has 0 fully saturated rings. The quantitative estimate of drug-likeness (QED) is 0.510. The van der Waals surface area contributed by atoms with Crippen molar-refractivity contribution in [3.63, 3.8) is 0 Å². The summed E-state index contributed by atoms with van der Waals surface area (Å²) in [4.78, 5) is 0. The van der Waals surface area contributed by atoms with E-state index >= 15 is 0 Å². The SMILES string of the molecule is [C-]#[O+].[C-]#[O+].[C-]#[O+].[C-]#[O+].[C-]#[O+].[Cr].c1cnsc1. The van der Waals surface area contributed by atoms with Gasteiger partial charge in [-0.2, -0.15) is 0 Å². The maximum absolute atomic E-state index is 7.50. The summed E-state index contributed by atoms with van der Waals surface area (Å²) in [5.41, 5.74) is 0. The Labute approximate surface area is 108 Å². The molecule has 0 N–H and O–H groups in total. The Morgan fingerprint density at radius 3 is 1.12 bits per heavy atom. The molecule has 16 heavy (non-hydrogen) atoms. The molecule has 0 spiro atoms. The summed E-state index contributed by atoms with van der Waals surface area (Å²) in [5, 5.41) is 1.93. The first-order chi connectivity index (χ1) is 7.50. The van der Waals surface area contributed by atoms with E-state index in [-0.39, 0.29) is 17.4 Å². The molecule has 0 aliphatic heterocycles. The van der Waals surface area contributed by atoms with E-state index in [4.69, 9.17) is 23.3 Å². The normalized spacial score (nSPS) is 3.12. The summed E-state index contributed by atoms with van der Waals surface area (Å²) in [6.45, 7) is 22.5. The zero-order valence-corrected chi connectivity index (χ0v) is 9.63. The molecule has 0 saturated heterocycles. The van der Waals surface area contributed by atoms with Crippen molar-refractivity contribution in [3.8, 4) is 0 Å². The summed E-state index contributed by atoms with van der Waals surface area (Å²) in [5.74, 6) is 0. The molecule has 1 rings (SSSR count). The average Bonchev–Trinajstić information content (AvgIpc) is 3.00. The van der Waals surface area contributed by atoms with Crippen molar-refractivity contribution in [1.29, 1.82) is 0 Å². The molecule has 0 saturated carbocycles. The molecule has 0 amide bonds. The number of hydrogen-bond donors (Lipinski definition) is 0. The molecular formula is C8H3CrNO5S. The largest absolute Gasteiger partial charge is 0.201 e. The second-order valence-electron chi connectivity index (χ2n) is 0.688. The van der Waals surface area contributed by atoms with E-state index in [9.17, 15) is 0 Å². The summed E-state index contributed by atoms with van der Waals surface area (Å²) >= 11 is 1.46. The van der Waals surface area contributed by atoms with Crippen LogP contribution < -0.4 is 0 Å². The molecule has 1 aromatic heterocycles. The van der Waals surface area contributed by atoms with Crippen LogP contribution in [0.1, 0.15) is 0 Å². The van der Waals surface area contributed by atoms with Crippen molar-refractivity contribution in [2.75, 3.05) is 0 Å². The molecule has 0 aliphatic carbocycles. The van der Waals surface area contributed by atoms with Crippen LogP contribution in [0.5, 0.6) is 0 Å². The van der Waals surface area contributed by atoms with Crippen molar-refractivity contribution < 1.29 is 40.6 Å². The van der Waals surface area contributed by atoms with Crippen LogP contribution in [0.3, 0.4) is 0 Å². The summed E-state index contributed by atoms with van der Waals surface area (Å²) in [7, 11) is 0. The molecule has 1 heterocycles. The number of aromatic nitrogens is 1. The van der Waals surface area contributed by atoms with E-state index in [1.165, 1.54) is 11.5 Å². The van der Waals surface area contributed by atoms with E-state index in [0.717, 1.165) is 0 Å². The molecule has 0 aliphatic rings. The third-order valence-corrected chi connectivity index (χ3v) is 0.869. The Hall–Kier alpha value is -1.14. The molecule has 0 unspecified atom stereocenters. The first-order valence-electron chi connectivity index (χ1n) is 2.36.